The van der Waals surface area contributed by atoms with Crippen LogP contribution in [-0.4, -0.2) is 52.5 Å². The van der Waals surface area contributed by atoms with Gasteiger partial charge in [0.05, 0.1) is 12.2 Å². The summed E-state index contributed by atoms with van der Waals surface area (Å²) in [7, 11) is 3.14. The van der Waals surface area contributed by atoms with Gasteiger partial charge in [-0.05, 0) is 17.7 Å². The molecule has 1 aliphatic heterocycles. The number of amides is 4. The molecule has 158 valence electrons. The van der Waals surface area contributed by atoms with Gasteiger partial charge in [-0.15, -0.1) is 11.3 Å². The number of anilines is 1. The first-order valence-electron chi connectivity index (χ1n) is 9.15. The summed E-state index contributed by atoms with van der Waals surface area (Å²) in [6.45, 7) is 0.413. The summed E-state index contributed by atoms with van der Waals surface area (Å²) in [6, 6.07) is 5.50. The van der Waals surface area contributed by atoms with E-state index in [0.717, 1.165) is 0 Å². The number of urea groups is 1. The fourth-order valence-corrected chi connectivity index (χ4v) is 3.46. The average Bonchev–Trinajstić information content (AvgIpc) is 3.14. The molecule has 3 rings (SSSR count). The second-order valence-corrected chi connectivity index (χ2v) is 7.56. The predicted molar refractivity (Wildman–Crippen MR) is 110 cm³/mol. The average molecular weight is 432 g/mol. The molecule has 2 heterocycles. The molecule has 0 aliphatic carbocycles. The number of nitrogens with one attached hydrogen (secondary N) is 2. The zero-order chi connectivity index (χ0) is 21.7. The van der Waals surface area contributed by atoms with E-state index in [1.807, 2.05) is 0 Å². The number of hydrazone groups is 1. The molecule has 0 saturated carbocycles. The fourth-order valence-electron chi connectivity index (χ4n) is 2.77. The van der Waals surface area contributed by atoms with Crippen LogP contribution in [0.5, 0.6) is 0 Å². The van der Waals surface area contributed by atoms with Crippen molar-refractivity contribution in [2.75, 3.05) is 19.4 Å². The number of carbonyl (C=O) groups is 3. The van der Waals surface area contributed by atoms with Crippen molar-refractivity contribution < 1.29 is 18.8 Å². The molecule has 30 heavy (non-hydrogen) atoms. The van der Waals surface area contributed by atoms with Gasteiger partial charge in [0.1, 0.15) is 11.5 Å². The summed E-state index contributed by atoms with van der Waals surface area (Å²) in [4.78, 5) is 41.8. The maximum atomic E-state index is 13.2. The summed E-state index contributed by atoms with van der Waals surface area (Å²) in [5.74, 6) is -0.764. The van der Waals surface area contributed by atoms with Crippen molar-refractivity contribution >= 4 is 40.0 Å². The molecule has 0 unspecified atom stereocenters. The fraction of sp³-hybridized carbons (Fsp3) is 0.316. The molecule has 1 aromatic heterocycles. The normalized spacial score (nSPS) is 13.6. The Kier molecular flexibility index (Phi) is 6.72. The molecule has 11 heteroatoms. The minimum Gasteiger partial charge on any atom is -0.335 e. The van der Waals surface area contributed by atoms with Crippen molar-refractivity contribution in [1.82, 2.24) is 20.2 Å². The first kappa shape index (κ1) is 21.4. The number of hydrogen-bond donors (Lipinski definition) is 2. The number of rotatable bonds is 6. The zero-order valence-electron chi connectivity index (χ0n) is 16.5. The Hall–Kier alpha value is -3.34. The lowest BCUT2D eigenvalue weighted by molar-refractivity contribution is -0.130. The topological polar surface area (TPSA) is 107 Å². The lowest BCUT2D eigenvalue weighted by atomic mass is 10.1. The Morgan fingerprint density at radius 3 is 2.87 bits per heavy atom. The molecule has 0 radical (unpaired) electrons. The monoisotopic (exact) mass is 432 g/mol. The highest BCUT2D eigenvalue weighted by Crippen LogP contribution is 2.17. The number of carbonyl (C=O) groups excluding carboxylic acids is 3. The quantitative estimate of drug-likeness (QED) is 0.729. The van der Waals surface area contributed by atoms with Crippen molar-refractivity contribution in [3.63, 3.8) is 0 Å². The summed E-state index contributed by atoms with van der Waals surface area (Å²) in [5, 5.41) is 12.6. The van der Waals surface area contributed by atoms with Crippen molar-refractivity contribution in [2.24, 2.45) is 5.10 Å². The van der Waals surface area contributed by atoms with Crippen LogP contribution in [0, 0.1) is 5.82 Å². The van der Waals surface area contributed by atoms with E-state index < -0.39 is 6.03 Å². The largest absolute Gasteiger partial charge is 0.335 e. The standard InChI is InChI=1S/C19H21FN6O3S/c1-25(17(28)15-6-7-16(27)26(2)24-15)10-14-11-30-19(22-14)23-18(29)21-9-12-4-3-5-13(20)8-12/h3-5,8,11H,6-7,9-10H2,1-2H3,(H2,21,22,23,29). The molecule has 4 amide bonds. The van der Waals surface area contributed by atoms with Crippen LogP contribution in [0.3, 0.4) is 0 Å². The molecule has 0 atom stereocenters. The number of thiazole rings is 1. The van der Waals surface area contributed by atoms with E-state index in [2.05, 4.69) is 20.7 Å². The third-order valence-corrected chi connectivity index (χ3v) is 5.12. The molecule has 0 bridgehead atoms. The SMILES string of the molecule is CN(Cc1csc(NC(=O)NCc2cccc(F)c2)n1)C(=O)C1=NN(C)C(=O)CC1. The third kappa shape index (κ3) is 5.60. The Labute approximate surface area is 176 Å². The molecule has 0 spiro atoms. The smallest absolute Gasteiger partial charge is 0.321 e. The van der Waals surface area contributed by atoms with Gasteiger partial charge in [0.15, 0.2) is 5.13 Å². The molecule has 1 aliphatic rings. The molecule has 0 fully saturated rings. The van der Waals surface area contributed by atoms with Crippen LogP contribution in [-0.2, 0) is 22.7 Å². The first-order chi connectivity index (χ1) is 14.3. The maximum absolute atomic E-state index is 13.2. The zero-order valence-corrected chi connectivity index (χ0v) is 17.3. The van der Waals surface area contributed by atoms with E-state index in [1.54, 1.807) is 24.6 Å². The van der Waals surface area contributed by atoms with E-state index in [4.69, 9.17) is 0 Å². The maximum Gasteiger partial charge on any atom is 0.321 e. The van der Waals surface area contributed by atoms with E-state index in [9.17, 15) is 18.8 Å². The van der Waals surface area contributed by atoms with Crippen LogP contribution in [0.25, 0.3) is 0 Å². The van der Waals surface area contributed by atoms with E-state index in [1.165, 1.54) is 40.4 Å². The van der Waals surface area contributed by atoms with Gasteiger partial charge in [-0.3, -0.25) is 14.9 Å². The van der Waals surface area contributed by atoms with E-state index in [-0.39, 0.29) is 37.1 Å². The second-order valence-electron chi connectivity index (χ2n) is 6.71. The lowest BCUT2D eigenvalue weighted by Gasteiger charge is -2.22. The van der Waals surface area contributed by atoms with Crippen LogP contribution in [0.1, 0.15) is 24.1 Å². The van der Waals surface area contributed by atoms with Crippen molar-refractivity contribution in [3.8, 4) is 0 Å². The number of hydrogen-bond acceptors (Lipinski definition) is 6. The Balaban J connectivity index is 1.50. The van der Waals surface area contributed by atoms with E-state index in [0.29, 0.717) is 28.5 Å². The van der Waals surface area contributed by atoms with Gasteiger partial charge in [0.2, 0.25) is 5.91 Å². The van der Waals surface area contributed by atoms with Crippen molar-refractivity contribution in [3.05, 3.63) is 46.7 Å². The summed E-state index contributed by atoms with van der Waals surface area (Å²) >= 11 is 1.23. The number of halogens is 1. The van der Waals surface area contributed by atoms with Crippen LogP contribution >= 0.6 is 11.3 Å². The van der Waals surface area contributed by atoms with Crippen LogP contribution in [0.15, 0.2) is 34.7 Å². The minimum absolute atomic E-state index is 0.125. The first-order valence-corrected chi connectivity index (χ1v) is 10.0. The third-order valence-electron chi connectivity index (χ3n) is 4.31. The van der Waals surface area contributed by atoms with Gasteiger partial charge in [0.25, 0.3) is 5.91 Å². The number of nitrogens with zero attached hydrogens (tertiary/aromatic N) is 4. The molecular formula is C19H21FN6O3S. The van der Waals surface area contributed by atoms with Crippen molar-refractivity contribution in [1.29, 1.82) is 0 Å². The Morgan fingerprint density at radius 1 is 1.33 bits per heavy atom. The highest BCUT2D eigenvalue weighted by atomic mass is 32.1. The van der Waals surface area contributed by atoms with Gasteiger partial charge >= 0.3 is 6.03 Å². The summed E-state index contributed by atoms with van der Waals surface area (Å²) in [5.41, 5.74) is 1.57. The van der Waals surface area contributed by atoms with E-state index >= 15 is 0 Å². The lowest BCUT2D eigenvalue weighted by Crippen LogP contribution is -2.38. The van der Waals surface area contributed by atoms with Crippen LogP contribution in [0.2, 0.25) is 0 Å². The molecule has 2 N–H and O–H groups in total. The second kappa shape index (κ2) is 9.44. The highest BCUT2D eigenvalue weighted by Gasteiger charge is 2.24. The van der Waals surface area contributed by atoms with Gasteiger partial charge in [-0.2, -0.15) is 5.10 Å². The van der Waals surface area contributed by atoms with Gasteiger partial charge in [-0.25, -0.2) is 19.2 Å². The van der Waals surface area contributed by atoms with Crippen LogP contribution < -0.4 is 10.6 Å². The molecule has 9 nitrogen and oxygen atoms in total. The Bertz CT molecular complexity index is 992. The Morgan fingerprint density at radius 2 is 2.13 bits per heavy atom. The molecule has 2 aromatic rings. The molecule has 0 saturated heterocycles. The highest BCUT2D eigenvalue weighted by molar-refractivity contribution is 7.13. The van der Waals surface area contributed by atoms with Crippen molar-refractivity contribution in [2.45, 2.75) is 25.9 Å². The summed E-state index contributed by atoms with van der Waals surface area (Å²) in [6.07, 6.45) is 0.562. The number of aromatic nitrogens is 1. The van der Waals surface area contributed by atoms with Gasteiger partial charge in [-0.1, -0.05) is 12.1 Å². The van der Waals surface area contributed by atoms with Gasteiger partial charge in [0, 0.05) is 38.9 Å². The molecule has 1 aromatic carbocycles. The predicted octanol–water partition coefficient (Wildman–Crippen LogP) is 2.17. The minimum atomic E-state index is -0.464. The molecular weight excluding hydrogens is 411 g/mol. The van der Waals surface area contributed by atoms with Crippen LogP contribution in [0.4, 0.5) is 14.3 Å². The number of benzene rings is 1. The summed E-state index contributed by atoms with van der Waals surface area (Å²) < 4.78 is 13.2. The van der Waals surface area contributed by atoms with Gasteiger partial charge < -0.3 is 10.2 Å².